The first-order chi connectivity index (χ1) is 8.56. The molecule has 0 aromatic carbocycles. The molecule has 2 N–H and O–H groups in total. The molecule has 98 valence electrons. The standard InChI is InChI=1S/C12H18BrN5/c1-4-9-12(13)10(17(5-2)15-9)7-18-8(3)6-11(14)16-18/h6H,4-5,7H2,1-3H3,(H2,14,16). The van der Waals surface area contributed by atoms with Gasteiger partial charge in [-0.15, -0.1) is 0 Å². The van der Waals surface area contributed by atoms with Crippen LogP contribution in [0.15, 0.2) is 10.5 Å². The van der Waals surface area contributed by atoms with Crippen molar-refractivity contribution in [1.82, 2.24) is 19.6 Å². The van der Waals surface area contributed by atoms with E-state index in [1.807, 2.05) is 22.4 Å². The molecular weight excluding hydrogens is 294 g/mol. The van der Waals surface area contributed by atoms with Crippen LogP contribution in [0.4, 0.5) is 5.82 Å². The number of nitrogens with two attached hydrogens (primary N) is 1. The van der Waals surface area contributed by atoms with Crippen LogP contribution in [0, 0.1) is 6.92 Å². The smallest absolute Gasteiger partial charge is 0.145 e. The van der Waals surface area contributed by atoms with Crippen LogP contribution in [0.3, 0.4) is 0 Å². The summed E-state index contributed by atoms with van der Waals surface area (Å²) in [6.07, 6.45) is 0.917. The molecule has 0 aliphatic carbocycles. The van der Waals surface area contributed by atoms with Gasteiger partial charge in [-0.25, -0.2) is 0 Å². The number of nitrogens with zero attached hydrogens (tertiary/aromatic N) is 4. The van der Waals surface area contributed by atoms with E-state index in [2.05, 4.69) is 40.0 Å². The second-order valence-electron chi connectivity index (χ2n) is 4.24. The first-order valence-electron chi connectivity index (χ1n) is 6.10. The lowest BCUT2D eigenvalue weighted by Crippen LogP contribution is -2.10. The topological polar surface area (TPSA) is 61.7 Å². The van der Waals surface area contributed by atoms with Crippen LogP contribution in [0.25, 0.3) is 0 Å². The Bertz CT molecular complexity index is 555. The van der Waals surface area contributed by atoms with Gasteiger partial charge in [-0.1, -0.05) is 6.92 Å². The van der Waals surface area contributed by atoms with Gasteiger partial charge >= 0.3 is 0 Å². The zero-order chi connectivity index (χ0) is 13.3. The molecule has 6 heteroatoms. The van der Waals surface area contributed by atoms with E-state index >= 15 is 0 Å². The molecule has 0 unspecified atom stereocenters. The van der Waals surface area contributed by atoms with Crippen molar-refractivity contribution in [2.45, 2.75) is 40.3 Å². The Labute approximate surface area is 115 Å². The highest BCUT2D eigenvalue weighted by Crippen LogP contribution is 2.23. The van der Waals surface area contributed by atoms with Gasteiger partial charge in [-0.05, 0) is 36.2 Å². The van der Waals surface area contributed by atoms with E-state index in [-0.39, 0.29) is 0 Å². The molecule has 0 amide bonds. The monoisotopic (exact) mass is 311 g/mol. The summed E-state index contributed by atoms with van der Waals surface area (Å²) in [4.78, 5) is 0. The molecule has 18 heavy (non-hydrogen) atoms. The predicted octanol–water partition coefficient (Wildman–Crippen LogP) is 2.36. The van der Waals surface area contributed by atoms with Crippen LogP contribution >= 0.6 is 15.9 Å². The molecule has 0 bridgehead atoms. The second-order valence-corrected chi connectivity index (χ2v) is 5.04. The lowest BCUT2D eigenvalue weighted by Gasteiger charge is -2.07. The highest BCUT2D eigenvalue weighted by molar-refractivity contribution is 9.10. The van der Waals surface area contributed by atoms with Crippen LogP contribution in [0.2, 0.25) is 0 Å². The molecule has 0 saturated carbocycles. The maximum absolute atomic E-state index is 5.71. The van der Waals surface area contributed by atoms with Crippen LogP contribution in [0.1, 0.15) is 30.9 Å². The van der Waals surface area contributed by atoms with Gasteiger partial charge in [0.1, 0.15) is 5.82 Å². The largest absolute Gasteiger partial charge is 0.382 e. The number of hydrogen-bond donors (Lipinski definition) is 1. The molecule has 2 heterocycles. The third kappa shape index (κ3) is 2.29. The number of aryl methyl sites for hydroxylation is 3. The predicted molar refractivity (Wildman–Crippen MR) is 75.5 cm³/mol. The van der Waals surface area contributed by atoms with Gasteiger partial charge in [0.2, 0.25) is 0 Å². The van der Waals surface area contributed by atoms with Gasteiger partial charge in [0.25, 0.3) is 0 Å². The number of anilines is 1. The maximum atomic E-state index is 5.71. The highest BCUT2D eigenvalue weighted by Gasteiger charge is 2.15. The molecule has 0 radical (unpaired) electrons. The molecule has 2 aromatic heterocycles. The van der Waals surface area contributed by atoms with Crippen molar-refractivity contribution < 1.29 is 0 Å². The van der Waals surface area contributed by atoms with Gasteiger partial charge in [0.15, 0.2) is 0 Å². The minimum Gasteiger partial charge on any atom is -0.382 e. The fraction of sp³-hybridized carbons (Fsp3) is 0.500. The third-order valence-corrected chi connectivity index (χ3v) is 3.91. The van der Waals surface area contributed by atoms with Gasteiger partial charge in [-0.2, -0.15) is 10.2 Å². The fourth-order valence-corrected chi connectivity index (χ4v) is 2.70. The molecule has 0 atom stereocenters. The summed E-state index contributed by atoms with van der Waals surface area (Å²) in [6.45, 7) is 7.74. The summed E-state index contributed by atoms with van der Waals surface area (Å²) >= 11 is 3.64. The Hall–Kier alpha value is -1.30. The lowest BCUT2D eigenvalue weighted by atomic mass is 10.3. The second kappa shape index (κ2) is 5.14. The highest BCUT2D eigenvalue weighted by atomic mass is 79.9. The average molecular weight is 312 g/mol. The summed E-state index contributed by atoms with van der Waals surface area (Å²) in [6, 6.07) is 1.88. The van der Waals surface area contributed by atoms with E-state index in [1.165, 1.54) is 0 Å². The molecule has 0 aliphatic rings. The first kappa shape index (κ1) is 13.1. The van der Waals surface area contributed by atoms with Crippen molar-refractivity contribution in [3.8, 4) is 0 Å². The maximum Gasteiger partial charge on any atom is 0.145 e. The lowest BCUT2D eigenvalue weighted by molar-refractivity contribution is 0.567. The molecule has 2 aromatic rings. The van der Waals surface area contributed by atoms with Gasteiger partial charge in [0, 0.05) is 18.3 Å². The Kier molecular flexibility index (Phi) is 3.75. The van der Waals surface area contributed by atoms with Crippen molar-refractivity contribution in [1.29, 1.82) is 0 Å². The van der Waals surface area contributed by atoms with E-state index in [1.54, 1.807) is 0 Å². The van der Waals surface area contributed by atoms with Crippen molar-refractivity contribution in [2.75, 3.05) is 5.73 Å². The summed E-state index contributed by atoms with van der Waals surface area (Å²) < 4.78 is 5.00. The zero-order valence-corrected chi connectivity index (χ0v) is 12.5. The Balaban J connectivity index is 2.39. The minimum absolute atomic E-state index is 0.557. The van der Waals surface area contributed by atoms with Gasteiger partial charge < -0.3 is 5.73 Å². The van der Waals surface area contributed by atoms with E-state index in [9.17, 15) is 0 Å². The minimum atomic E-state index is 0.557. The number of rotatable bonds is 4. The average Bonchev–Trinajstić information content (AvgIpc) is 2.81. The van der Waals surface area contributed by atoms with Gasteiger partial charge in [-0.3, -0.25) is 9.36 Å². The number of nitrogen functional groups attached to an aromatic ring is 1. The molecule has 0 saturated heterocycles. The van der Waals surface area contributed by atoms with Crippen LogP contribution in [-0.2, 0) is 19.5 Å². The Morgan fingerprint density at radius 2 is 2.00 bits per heavy atom. The zero-order valence-electron chi connectivity index (χ0n) is 10.9. The molecule has 0 aliphatic heterocycles. The quantitative estimate of drug-likeness (QED) is 0.943. The van der Waals surface area contributed by atoms with Crippen molar-refractivity contribution >= 4 is 21.7 Å². The van der Waals surface area contributed by atoms with Crippen LogP contribution < -0.4 is 5.73 Å². The van der Waals surface area contributed by atoms with Crippen LogP contribution in [-0.4, -0.2) is 19.6 Å². The summed E-state index contributed by atoms with van der Waals surface area (Å²) in [7, 11) is 0. The normalized spacial score (nSPS) is 11.1. The summed E-state index contributed by atoms with van der Waals surface area (Å²) in [5.41, 5.74) is 8.99. The van der Waals surface area contributed by atoms with Crippen LogP contribution in [0.5, 0.6) is 0 Å². The summed E-state index contributed by atoms with van der Waals surface area (Å²) in [5, 5.41) is 8.87. The van der Waals surface area contributed by atoms with E-state index in [0.717, 1.165) is 34.5 Å². The van der Waals surface area contributed by atoms with Crippen molar-refractivity contribution in [3.05, 3.63) is 27.6 Å². The molecule has 0 fully saturated rings. The molecule has 2 rings (SSSR count). The number of aromatic nitrogens is 4. The third-order valence-electron chi connectivity index (χ3n) is 2.99. The van der Waals surface area contributed by atoms with Crippen molar-refractivity contribution in [3.63, 3.8) is 0 Å². The van der Waals surface area contributed by atoms with E-state index in [4.69, 9.17) is 5.73 Å². The summed E-state index contributed by atoms with van der Waals surface area (Å²) in [5.74, 6) is 0.557. The van der Waals surface area contributed by atoms with Crippen molar-refractivity contribution in [2.24, 2.45) is 0 Å². The Morgan fingerprint density at radius 1 is 1.28 bits per heavy atom. The fourth-order valence-electron chi connectivity index (χ4n) is 2.01. The van der Waals surface area contributed by atoms with E-state index in [0.29, 0.717) is 12.4 Å². The molecule has 5 nitrogen and oxygen atoms in total. The number of halogens is 1. The molecular formula is C12H18BrN5. The molecule has 0 spiro atoms. The van der Waals surface area contributed by atoms with E-state index < -0.39 is 0 Å². The number of hydrogen-bond acceptors (Lipinski definition) is 3. The van der Waals surface area contributed by atoms with Gasteiger partial charge in [0.05, 0.1) is 22.4 Å². The first-order valence-corrected chi connectivity index (χ1v) is 6.90. The Morgan fingerprint density at radius 3 is 2.50 bits per heavy atom. The SMILES string of the molecule is CCc1nn(CC)c(Cn2nc(N)cc2C)c1Br.